The van der Waals surface area contributed by atoms with E-state index >= 15 is 0 Å². The zero-order chi connectivity index (χ0) is 14.8. The molecule has 120 valence electrons. The summed E-state index contributed by atoms with van der Waals surface area (Å²) in [7, 11) is 0. The molecule has 2 rings (SSSR count). The second kappa shape index (κ2) is 8.17. The third kappa shape index (κ3) is 4.59. The van der Waals surface area contributed by atoms with Gasteiger partial charge < -0.3 is 10.4 Å². The van der Waals surface area contributed by atoms with Gasteiger partial charge in [0.1, 0.15) is 12.6 Å². The van der Waals surface area contributed by atoms with Crippen LogP contribution >= 0.6 is 44.3 Å². The molecule has 1 aromatic carbocycles. The fourth-order valence-corrected chi connectivity index (χ4v) is 3.28. The molecule has 1 aliphatic heterocycles. The maximum Gasteiger partial charge on any atom is 0.289 e. The van der Waals surface area contributed by atoms with E-state index in [-0.39, 0.29) is 12.4 Å². The molecule has 1 aromatic rings. The predicted octanol–water partition coefficient (Wildman–Crippen LogP) is 3.21. The Morgan fingerprint density at radius 1 is 1.29 bits per heavy atom. The summed E-state index contributed by atoms with van der Waals surface area (Å²) in [5, 5.41) is 12.2. The van der Waals surface area contributed by atoms with Crippen LogP contribution in [0.4, 0.5) is 8.78 Å². The number of halogens is 5. The zero-order valence-corrected chi connectivity index (χ0v) is 15.1. The first-order valence-corrected chi connectivity index (χ1v) is 7.92. The van der Waals surface area contributed by atoms with E-state index in [0.717, 1.165) is 4.47 Å². The molecule has 0 aromatic heterocycles. The minimum Gasteiger partial charge on any atom is -0.390 e. The molecule has 1 fully saturated rings. The Bertz CT molecular complexity index is 473. The van der Waals surface area contributed by atoms with E-state index in [9.17, 15) is 8.78 Å². The number of piperazine rings is 1. The van der Waals surface area contributed by atoms with Gasteiger partial charge in [0.25, 0.3) is 5.92 Å². The third-order valence-corrected chi connectivity index (χ3v) is 4.60. The molecule has 0 radical (unpaired) electrons. The van der Waals surface area contributed by atoms with Crippen LogP contribution in [0.5, 0.6) is 0 Å². The Labute approximate surface area is 145 Å². The molecule has 1 saturated heterocycles. The van der Waals surface area contributed by atoms with Crippen LogP contribution in [0.1, 0.15) is 11.6 Å². The van der Waals surface area contributed by atoms with Crippen molar-refractivity contribution in [1.82, 2.24) is 10.2 Å². The van der Waals surface area contributed by atoms with E-state index in [1.54, 1.807) is 23.1 Å². The number of rotatable bonds is 4. The van der Waals surface area contributed by atoms with Gasteiger partial charge >= 0.3 is 0 Å². The van der Waals surface area contributed by atoms with Crippen molar-refractivity contribution >= 4 is 44.3 Å². The van der Waals surface area contributed by atoms with E-state index in [1.165, 1.54) is 0 Å². The number of hydrogen-bond acceptors (Lipinski definition) is 3. The zero-order valence-electron chi connectivity index (χ0n) is 11.2. The lowest BCUT2D eigenvalue weighted by atomic mass is 9.98. The fourth-order valence-electron chi connectivity index (χ4n) is 2.44. The van der Waals surface area contributed by atoms with E-state index in [2.05, 4.69) is 37.2 Å². The quantitative estimate of drug-likeness (QED) is 0.740. The lowest BCUT2D eigenvalue weighted by Crippen LogP contribution is -2.51. The first kappa shape index (κ1) is 19.3. The second-order valence-electron chi connectivity index (χ2n) is 4.77. The predicted molar refractivity (Wildman–Crippen MR) is 88.3 cm³/mol. The fraction of sp³-hybridized carbons (Fsp3) is 0.538. The van der Waals surface area contributed by atoms with E-state index in [4.69, 9.17) is 5.11 Å². The molecule has 3 nitrogen and oxygen atoms in total. The van der Waals surface area contributed by atoms with Crippen LogP contribution < -0.4 is 5.32 Å². The molecule has 8 heteroatoms. The van der Waals surface area contributed by atoms with Gasteiger partial charge in [-0.25, -0.2) is 8.78 Å². The van der Waals surface area contributed by atoms with Crippen molar-refractivity contribution in [1.29, 1.82) is 0 Å². The van der Waals surface area contributed by atoms with Gasteiger partial charge in [-0.2, -0.15) is 0 Å². The molecule has 1 heterocycles. The molecule has 0 amide bonds. The Kier molecular flexibility index (Phi) is 7.49. The number of benzene rings is 1. The number of hydrogen-bond donors (Lipinski definition) is 2. The van der Waals surface area contributed by atoms with Crippen LogP contribution in [0.25, 0.3) is 0 Å². The van der Waals surface area contributed by atoms with Crippen molar-refractivity contribution in [2.24, 2.45) is 0 Å². The Balaban J connectivity index is 0.00000220. The Hall–Kier alpha value is 0.210. The third-order valence-electron chi connectivity index (χ3n) is 3.38. The first-order chi connectivity index (χ1) is 9.45. The smallest absolute Gasteiger partial charge is 0.289 e. The highest BCUT2D eigenvalue weighted by molar-refractivity contribution is 9.11. The lowest BCUT2D eigenvalue weighted by Gasteiger charge is -2.39. The van der Waals surface area contributed by atoms with Crippen LogP contribution in [0.2, 0.25) is 0 Å². The van der Waals surface area contributed by atoms with Crippen LogP contribution in [0.3, 0.4) is 0 Å². The summed E-state index contributed by atoms with van der Waals surface area (Å²) < 4.78 is 29.9. The van der Waals surface area contributed by atoms with Gasteiger partial charge in [0.2, 0.25) is 0 Å². The maximum atomic E-state index is 14.3. The van der Waals surface area contributed by atoms with Crippen molar-refractivity contribution in [3.05, 3.63) is 32.7 Å². The second-order valence-corrected chi connectivity index (χ2v) is 6.54. The molecule has 2 N–H and O–H groups in total. The summed E-state index contributed by atoms with van der Waals surface area (Å²) in [5.74, 6) is -3.19. The molecule has 0 aliphatic carbocycles. The highest BCUT2D eigenvalue weighted by Crippen LogP contribution is 2.40. The molecule has 1 atom stereocenters. The number of nitrogens with one attached hydrogen (secondary N) is 1. The highest BCUT2D eigenvalue weighted by Gasteiger charge is 2.44. The van der Waals surface area contributed by atoms with Gasteiger partial charge in [-0.3, -0.25) is 4.90 Å². The number of nitrogens with zero attached hydrogens (tertiary/aromatic N) is 1. The summed E-state index contributed by atoms with van der Waals surface area (Å²) in [4.78, 5) is 1.72. The molecule has 0 bridgehead atoms. The van der Waals surface area contributed by atoms with Crippen molar-refractivity contribution in [3.63, 3.8) is 0 Å². The van der Waals surface area contributed by atoms with Crippen LogP contribution in [0, 0.1) is 0 Å². The average Bonchev–Trinajstić information content (AvgIpc) is 2.44. The minimum absolute atomic E-state index is 0. The lowest BCUT2D eigenvalue weighted by molar-refractivity contribution is -0.118. The van der Waals surface area contributed by atoms with Gasteiger partial charge in [-0.1, -0.05) is 31.9 Å². The van der Waals surface area contributed by atoms with Crippen LogP contribution in [0.15, 0.2) is 27.1 Å². The standard InChI is InChI=1S/C13H16Br2F2N2O.ClH/c14-9-1-2-11(15)10(7-9)12(13(16,17)8-20)19-5-3-18-4-6-19;/h1-2,7,12,18,20H,3-6,8H2;1H/t12-;/m0./s1. The van der Waals surface area contributed by atoms with E-state index in [1.807, 2.05) is 0 Å². The largest absolute Gasteiger partial charge is 0.390 e. The molecular weight excluding hydrogens is 433 g/mol. The summed E-state index contributed by atoms with van der Waals surface area (Å²) in [6.07, 6.45) is 0. The summed E-state index contributed by atoms with van der Waals surface area (Å²) >= 11 is 6.66. The monoisotopic (exact) mass is 448 g/mol. The Morgan fingerprint density at radius 3 is 2.48 bits per heavy atom. The molecule has 0 unspecified atom stereocenters. The number of aliphatic hydroxyl groups is 1. The van der Waals surface area contributed by atoms with Crippen LogP contribution in [-0.4, -0.2) is 48.7 Å². The SMILES string of the molecule is Cl.OCC(F)(F)[C@H](c1cc(Br)ccc1Br)N1CCNCC1. The first-order valence-electron chi connectivity index (χ1n) is 6.34. The van der Waals surface area contributed by atoms with Gasteiger partial charge in [-0.15, -0.1) is 12.4 Å². The molecule has 0 spiro atoms. The molecule has 0 saturated carbocycles. The van der Waals surface area contributed by atoms with Crippen molar-refractivity contribution < 1.29 is 13.9 Å². The summed E-state index contributed by atoms with van der Waals surface area (Å²) in [5.41, 5.74) is 0.486. The number of alkyl halides is 2. The van der Waals surface area contributed by atoms with Crippen LogP contribution in [-0.2, 0) is 0 Å². The van der Waals surface area contributed by atoms with Crippen molar-refractivity contribution in [2.45, 2.75) is 12.0 Å². The Morgan fingerprint density at radius 2 is 1.90 bits per heavy atom. The van der Waals surface area contributed by atoms with E-state index < -0.39 is 18.6 Å². The molecular formula is C13H17Br2ClF2N2O. The topological polar surface area (TPSA) is 35.5 Å². The van der Waals surface area contributed by atoms with Crippen molar-refractivity contribution in [3.8, 4) is 0 Å². The summed E-state index contributed by atoms with van der Waals surface area (Å²) in [6.45, 7) is 1.23. The van der Waals surface area contributed by atoms with Gasteiger partial charge in [-0.05, 0) is 23.8 Å². The normalized spacial score (nSPS) is 18.1. The summed E-state index contributed by atoms with van der Waals surface area (Å²) in [6, 6.07) is 4.07. The average molecular weight is 451 g/mol. The minimum atomic E-state index is -3.19. The highest BCUT2D eigenvalue weighted by atomic mass is 79.9. The maximum absolute atomic E-state index is 14.3. The van der Waals surface area contributed by atoms with E-state index in [0.29, 0.717) is 36.2 Å². The number of aliphatic hydroxyl groups excluding tert-OH is 1. The van der Waals surface area contributed by atoms with Gasteiger partial charge in [0, 0.05) is 35.1 Å². The van der Waals surface area contributed by atoms with Gasteiger partial charge in [0.05, 0.1) is 0 Å². The van der Waals surface area contributed by atoms with Crippen molar-refractivity contribution in [2.75, 3.05) is 32.8 Å². The molecule has 1 aliphatic rings. The van der Waals surface area contributed by atoms with Gasteiger partial charge in [0.15, 0.2) is 0 Å². The molecule has 21 heavy (non-hydrogen) atoms.